The number of sulfonamides is 1. The van der Waals surface area contributed by atoms with Crippen molar-refractivity contribution in [3.63, 3.8) is 0 Å². The van der Waals surface area contributed by atoms with Crippen LogP contribution in [0.5, 0.6) is 0 Å². The first-order valence-electron chi connectivity index (χ1n) is 5.45. The van der Waals surface area contributed by atoms with Crippen LogP contribution in [0.25, 0.3) is 0 Å². The van der Waals surface area contributed by atoms with Crippen LogP contribution in [0.3, 0.4) is 0 Å². The van der Waals surface area contributed by atoms with Gasteiger partial charge >= 0.3 is 0 Å². The van der Waals surface area contributed by atoms with Crippen LogP contribution in [0.2, 0.25) is 0 Å². The van der Waals surface area contributed by atoms with Crippen LogP contribution in [0, 0.1) is 0 Å². The van der Waals surface area contributed by atoms with Crippen molar-refractivity contribution in [1.82, 2.24) is 0 Å². The Hall–Kier alpha value is -1.04. The molecule has 0 bridgehead atoms. The minimum Gasteiger partial charge on any atom is -0.280 e. The van der Waals surface area contributed by atoms with E-state index in [0.29, 0.717) is 16.0 Å². The Balaban J connectivity index is 2.28. The van der Waals surface area contributed by atoms with Gasteiger partial charge in [0.15, 0.2) is 0 Å². The van der Waals surface area contributed by atoms with Gasteiger partial charge in [0.25, 0.3) is 10.0 Å². The van der Waals surface area contributed by atoms with Crippen LogP contribution in [-0.2, 0) is 15.9 Å². The van der Waals surface area contributed by atoms with Crippen molar-refractivity contribution in [2.24, 2.45) is 0 Å². The van der Waals surface area contributed by atoms with E-state index in [4.69, 9.17) is 11.6 Å². The summed E-state index contributed by atoms with van der Waals surface area (Å²) in [6.45, 7) is 0. The van der Waals surface area contributed by atoms with Crippen molar-refractivity contribution in [3.8, 4) is 0 Å². The molecule has 2 aromatic carbocycles. The third-order valence-electron chi connectivity index (χ3n) is 2.49. The average Bonchev–Trinajstić information content (AvgIpc) is 2.39. The molecule has 0 aliphatic carbocycles. The maximum absolute atomic E-state index is 12.2. The molecular formula is C13H11BrClNO2S. The molecule has 0 radical (unpaired) electrons. The fourth-order valence-electron chi connectivity index (χ4n) is 1.53. The van der Waals surface area contributed by atoms with Crippen LogP contribution in [-0.4, -0.2) is 8.42 Å². The molecule has 0 aliphatic rings. The Morgan fingerprint density at radius 2 is 1.68 bits per heavy atom. The van der Waals surface area contributed by atoms with Crippen LogP contribution in [0.15, 0.2) is 57.9 Å². The van der Waals surface area contributed by atoms with Crippen molar-refractivity contribution < 1.29 is 8.42 Å². The number of anilines is 1. The van der Waals surface area contributed by atoms with Crippen molar-refractivity contribution in [3.05, 3.63) is 58.6 Å². The van der Waals surface area contributed by atoms with Gasteiger partial charge in [0.05, 0.1) is 0 Å². The van der Waals surface area contributed by atoms with Gasteiger partial charge in [-0.1, -0.05) is 24.3 Å². The van der Waals surface area contributed by atoms with E-state index < -0.39 is 10.0 Å². The standard InChI is InChI=1S/C13H11BrClNO2S/c14-12-3-1-2-4-13(12)19(17,18)16-11-7-5-10(9-15)6-8-11/h1-8,16H,9H2. The first kappa shape index (κ1) is 14.4. The van der Waals surface area contributed by atoms with Gasteiger partial charge in [-0.2, -0.15) is 0 Å². The lowest BCUT2D eigenvalue weighted by Gasteiger charge is -2.09. The average molecular weight is 361 g/mol. The summed E-state index contributed by atoms with van der Waals surface area (Å²) in [5, 5.41) is 0. The molecule has 1 N–H and O–H groups in total. The van der Waals surface area contributed by atoms with Crippen LogP contribution in [0.1, 0.15) is 5.56 Å². The molecule has 6 heteroatoms. The molecule has 19 heavy (non-hydrogen) atoms. The van der Waals surface area contributed by atoms with Gasteiger partial charge in [-0.3, -0.25) is 4.72 Å². The molecule has 0 aromatic heterocycles. The zero-order valence-corrected chi connectivity index (χ0v) is 13.0. The summed E-state index contributed by atoms with van der Waals surface area (Å²) in [6, 6.07) is 13.6. The predicted molar refractivity (Wildman–Crippen MR) is 80.9 cm³/mol. The second-order valence-electron chi connectivity index (χ2n) is 3.87. The predicted octanol–water partition coefficient (Wildman–Crippen LogP) is 3.99. The first-order chi connectivity index (χ1) is 9.03. The highest BCUT2D eigenvalue weighted by molar-refractivity contribution is 9.10. The maximum atomic E-state index is 12.2. The molecule has 2 aromatic rings. The van der Waals surface area contributed by atoms with Gasteiger partial charge in [0.1, 0.15) is 4.90 Å². The third-order valence-corrected chi connectivity index (χ3v) is 5.19. The van der Waals surface area contributed by atoms with Crippen molar-refractivity contribution in [2.75, 3.05) is 4.72 Å². The van der Waals surface area contributed by atoms with E-state index in [2.05, 4.69) is 20.7 Å². The second kappa shape index (κ2) is 5.94. The third kappa shape index (κ3) is 3.49. The largest absolute Gasteiger partial charge is 0.280 e. The zero-order chi connectivity index (χ0) is 13.9. The number of halogens is 2. The van der Waals surface area contributed by atoms with Gasteiger partial charge in [0, 0.05) is 16.0 Å². The molecule has 0 fully saturated rings. The van der Waals surface area contributed by atoms with Crippen molar-refractivity contribution in [1.29, 1.82) is 0 Å². The number of hydrogen-bond donors (Lipinski definition) is 1. The topological polar surface area (TPSA) is 46.2 Å². The Morgan fingerprint density at radius 3 is 2.26 bits per heavy atom. The quantitative estimate of drug-likeness (QED) is 0.838. The minimum absolute atomic E-state index is 0.205. The number of alkyl halides is 1. The summed E-state index contributed by atoms with van der Waals surface area (Å²) in [5.41, 5.74) is 1.44. The SMILES string of the molecule is O=S(=O)(Nc1ccc(CCl)cc1)c1ccccc1Br. The fourth-order valence-corrected chi connectivity index (χ4v) is 3.78. The number of benzene rings is 2. The number of hydrogen-bond acceptors (Lipinski definition) is 2. The molecule has 2 rings (SSSR count). The lowest BCUT2D eigenvalue weighted by atomic mass is 10.2. The van der Waals surface area contributed by atoms with E-state index in [-0.39, 0.29) is 4.90 Å². The molecule has 0 saturated carbocycles. The molecule has 3 nitrogen and oxygen atoms in total. The highest BCUT2D eigenvalue weighted by Crippen LogP contribution is 2.23. The second-order valence-corrected chi connectivity index (χ2v) is 6.64. The van der Waals surface area contributed by atoms with Gasteiger partial charge in [-0.05, 0) is 45.8 Å². The highest BCUT2D eigenvalue weighted by Gasteiger charge is 2.16. The first-order valence-corrected chi connectivity index (χ1v) is 8.26. The monoisotopic (exact) mass is 359 g/mol. The maximum Gasteiger partial charge on any atom is 0.263 e. The van der Waals surface area contributed by atoms with Crippen LogP contribution >= 0.6 is 27.5 Å². The smallest absolute Gasteiger partial charge is 0.263 e. The number of rotatable bonds is 4. The molecular weight excluding hydrogens is 350 g/mol. The molecule has 0 spiro atoms. The lowest BCUT2D eigenvalue weighted by Crippen LogP contribution is -2.13. The molecule has 0 saturated heterocycles. The van der Waals surface area contributed by atoms with Crippen molar-refractivity contribution in [2.45, 2.75) is 10.8 Å². The normalized spacial score (nSPS) is 11.3. The molecule has 0 heterocycles. The Kier molecular flexibility index (Phi) is 4.50. The zero-order valence-electron chi connectivity index (χ0n) is 9.81. The summed E-state index contributed by atoms with van der Waals surface area (Å²) >= 11 is 8.92. The Morgan fingerprint density at radius 1 is 1.05 bits per heavy atom. The minimum atomic E-state index is -3.59. The van der Waals surface area contributed by atoms with Gasteiger partial charge in [-0.25, -0.2) is 8.42 Å². The van der Waals surface area contributed by atoms with E-state index in [1.807, 2.05) is 0 Å². The van der Waals surface area contributed by atoms with Gasteiger partial charge in [0.2, 0.25) is 0 Å². The summed E-state index contributed by atoms with van der Waals surface area (Å²) in [7, 11) is -3.59. The lowest BCUT2D eigenvalue weighted by molar-refractivity contribution is 0.601. The molecule has 0 atom stereocenters. The Labute approximate surface area is 125 Å². The van der Waals surface area contributed by atoms with E-state index in [1.165, 1.54) is 0 Å². The van der Waals surface area contributed by atoms with Gasteiger partial charge < -0.3 is 0 Å². The summed E-state index contributed by atoms with van der Waals surface area (Å²) in [6.07, 6.45) is 0. The van der Waals surface area contributed by atoms with E-state index >= 15 is 0 Å². The Bertz CT molecular complexity index is 671. The van der Waals surface area contributed by atoms with E-state index in [0.717, 1.165) is 5.56 Å². The van der Waals surface area contributed by atoms with Gasteiger partial charge in [-0.15, -0.1) is 11.6 Å². The van der Waals surface area contributed by atoms with E-state index in [9.17, 15) is 8.42 Å². The molecule has 0 aliphatic heterocycles. The van der Waals surface area contributed by atoms with Crippen LogP contribution < -0.4 is 4.72 Å². The summed E-state index contributed by atoms with van der Waals surface area (Å²) < 4.78 is 27.5. The fraction of sp³-hybridized carbons (Fsp3) is 0.0769. The van der Waals surface area contributed by atoms with Crippen LogP contribution in [0.4, 0.5) is 5.69 Å². The highest BCUT2D eigenvalue weighted by atomic mass is 79.9. The number of nitrogens with one attached hydrogen (secondary N) is 1. The van der Waals surface area contributed by atoms with E-state index in [1.54, 1.807) is 48.5 Å². The summed E-state index contributed by atoms with van der Waals surface area (Å²) in [4.78, 5) is 0.205. The molecule has 100 valence electrons. The summed E-state index contributed by atoms with van der Waals surface area (Å²) in [5.74, 6) is 0.400. The van der Waals surface area contributed by atoms with Crippen molar-refractivity contribution >= 4 is 43.2 Å². The molecule has 0 unspecified atom stereocenters. The molecule has 0 amide bonds.